The Kier molecular flexibility index (Phi) is 8.98. The van der Waals surface area contributed by atoms with Crippen molar-refractivity contribution in [2.24, 2.45) is 5.92 Å². The molecule has 40 heavy (non-hydrogen) atoms. The zero-order chi connectivity index (χ0) is 28.8. The third-order valence-electron chi connectivity index (χ3n) is 6.70. The van der Waals surface area contributed by atoms with Gasteiger partial charge in [-0.3, -0.25) is 4.79 Å². The molecule has 0 spiro atoms. The Morgan fingerprint density at radius 1 is 0.925 bits per heavy atom. The van der Waals surface area contributed by atoms with Crippen molar-refractivity contribution in [1.29, 1.82) is 0 Å². The molecule has 1 aromatic heterocycles. The SMILES string of the molecule is CCCCC(=O)N(Cc1ccc(-c2cc(-c3cc(F)cc(F)c3)ccc2-c2nn[nH]n2)cc1)[C@H](C(=O)O)C(C)C. The number of carbonyl (C=O) groups excluding carboxylic acids is 1. The molecule has 0 bridgehead atoms. The number of aromatic nitrogens is 4. The van der Waals surface area contributed by atoms with E-state index in [0.29, 0.717) is 34.5 Å². The first-order chi connectivity index (χ1) is 19.2. The van der Waals surface area contributed by atoms with Gasteiger partial charge in [0.25, 0.3) is 0 Å². The summed E-state index contributed by atoms with van der Waals surface area (Å²) in [6, 6.07) is 15.1. The Morgan fingerprint density at radius 2 is 1.60 bits per heavy atom. The molecule has 0 radical (unpaired) electrons. The van der Waals surface area contributed by atoms with Crippen LogP contribution in [0.2, 0.25) is 0 Å². The van der Waals surface area contributed by atoms with Gasteiger partial charge in [-0.2, -0.15) is 5.21 Å². The highest BCUT2D eigenvalue weighted by atomic mass is 19.1. The van der Waals surface area contributed by atoms with Gasteiger partial charge in [0.15, 0.2) is 0 Å². The Balaban J connectivity index is 1.71. The van der Waals surface area contributed by atoms with Gasteiger partial charge in [-0.05, 0) is 69.6 Å². The molecule has 3 aromatic carbocycles. The van der Waals surface area contributed by atoms with Crippen molar-refractivity contribution in [3.05, 3.63) is 77.9 Å². The van der Waals surface area contributed by atoms with E-state index in [0.717, 1.165) is 23.6 Å². The summed E-state index contributed by atoms with van der Waals surface area (Å²) in [6.45, 7) is 5.71. The van der Waals surface area contributed by atoms with Gasteiger partial charge in [0.05, 0.1) is 0 Å². The highest BCUT2D eigenvalue weighted by Crippen LogP contribution is 2.35. The van der Waals surface area contributed by atoms with E-state index < -0.39 is 23.6 Å². The predicted octanol–water partition coefficient (Wildman–Crippen LogP) is 6.11. The fourth-order valence-corrected chi connectivity index (χ4v) is 4.73. The van der Waals surface area contributed by atoms with Crippen LogP contribution in [0.25, 0.3) is 33.6 Å². The van der Waals surface area contributed by atoms with Crippen LogP contribution in [0, 0.1) is 17.6 Å². The topological polar surface area (TPSA) is 112 Å². The van der Waals surface area contributed by atoms with Gasteiger partial charge in [-0.15, -0.1) is 10.2 Å². The second-order valence-corrected chi connectivity index (χ2v) is 10.0. The number of hydrogen-bond donors (Lipinski definition) is 2. The van der Waals surface area contributed by atoms with Crippen LogP contribution >= 0.6 is 0 Å². The maximum Gasteiger partial charge on any atom is 0.326 e. The highest BCUT2D eigenvalue weighted by molar-refractivity contribution is 5.85. The van der Waals surface area contributed by atoms with E-state index in [1.54, 1.807) is 32.0 Å². The average molecular weight is 548 g/mol. The van der Waals surface area contributed by atoms with Gasteiger partial charge in [0.1, 0.15) is 17.7 Å². The van der Waals surface area contributed by atoms with Crippen LogP contribution in [-0.4, -0.2) is 48.5 Å². The molecule has 0 aliphatic rings. The smallest absolute Gasteiger partial charge is 0.326 e. The Morgan fingerprint density at radius 3 is 2.17 bits per heavy atom. The summed E-state index contributed by atoms with van der Waals surface area (Å²) in [4.78, 5) is 26.5. The molecule has 1 amide bonds. The minimum Gasteiger partial charge on any atom is -0.480 e. The zero-order valence-electron chi connectivity index (χ0n) is 22.6. The molecule has 4 aromatic rings. The third kappa shape index (κ3) is 6.56. The monoisotopic (exact) mass is 547 g/mol. The number of benzene rings is 3. The maximum atomic E-state index is 13.9. The lowest BCUT2D eigenvalue weighted by Crippen LogP contribution is -2.47. The predicted molar refractivity (Wildman–Crippen MR) is 147 cm³/mol. The number of aromatic amines is 1. The van der Waals surface area contributed by atoms with Crippen molar-refractivity contribution in [2.75, 3.05) is 0 Å². The lowest BCUT2D eigenvalue weighted by atomic mass is 9.93. The average Bonchev–Trinajstić information content (AvgIpc) is 3.45. The van der Waals surface area contributed by atoms with E-state index in [1.807, 2.05) is 31.2 Å². The fourth-order valence-electron chi connectivity index (χ4n) is 4.73. The third-order valence-corrected chi connectivity index (χ3v) is 6.70. The van der Waals surface area contributed by atoms with Gasteiger partial charge in [0, 0.05) is 24.6 Å². The number of rotatable bonds is 11. The van der Waals surface area contributed by atoms with Gasteiger partial charge in [-0.1, -0.05) is 57.5 Å². The van der Waals surface area contributed by atoms with Crippen LogP contribution < -0.4 is 0 Å². The quantitative estimate of drug-likeness (QED) is 0.234. The van der Waals surface area contributed by atoms with Crippen molar-refractivity contribution in [3.8, 4) is 33.6 Å². The van der Waals surface area contributed by atoms with Crippen LogP contribution in [0.4, 0.5) is 8.78 Å². The highest BCUT2D eigenvalue weighted by Gasteiger charge is 2.32. The molecule has 4 rings (SSSR count). The first-order valence-electron chi connectivity index (χ1n) is 13.1. The summed E-state index contributed by atoms with van der Waals surface area (Å²) in [6.07, 6.45) is 1.80. The fraction of sp³-hybridized carbons (Fsp3) is 0.300. The van der Waals surface area contributed by atoms with E-state index in [1.165, 1.54) is 17.0 Å². The minimum atomic E-state index is -1.04. The molecule has 0 saturated carbocycles. The number of amides is 1. The number of carboxylic acids is 1. The lowest BCUT2D eigenvalue weighted by molar-refractivity contribution is -0.153. The number of carbonyl (C=O) groups is 2. The number of unbranched alkanes of at least 4 members (excludes halogenated alkanes) is 1. The molecular formula is C30H31F2N5O3. The summed E-state index contributed by atoms with van der Waals surface area (Å²) < 4.78 is 27.9. The van der Waals surface area contributed by atoms with E-state index in [4.69, 9.17) is 0 Å². The Hall–Kier alpha value is -4.47. The number of carboxylic acid groups (broad SMARTS) is 1. The molecule has 8 nitrogen and oxygen atoms in total. The Labute approximate surface area is 231 Å². The standard InChI is InChI=1S/C30H31F2N5O3/c1-4-5-6-27(38)37(28(18(2)3)30(39)40)17-19-7-9-20(10-8-19)26-15-21(22-13-23(31)16-24(32)14-22)11-12-25(26)29-33-35-36-34-29/h7-16,18,28H,4-6,17H2,1-3H3,(H,39,40)(H,33,34,35,36)/t28-/m0/s1. The van der Waals surface area contributed by atoms with Crippen LogP contribution in [0.1, 0.15) is 45.6 Å². The number of nitrogens with one attached hydrogen (secondary N) is 1. The minimum absolute atomic E-state index is 0.151. The molecule has 1 heterocycles. The summed E-state index contributed by atoms with van der Waals surface area (Å²) >= 11 is 0. The summed E-state index contributed by atoms with van der Waals surface area (Å²) in [7, 11) is 0. The number of hydrogen-bond acceptors (Lipinski definition) is 5. The van der Waals surface area contributed by atoms with Crippen LogP contribution in [0.5, 0.6) is 0 Å². The second-order valence-electron chi connectivity index (χ2n) is 10.0. The number of tetrazole rings is 1. The van der Waals surface area contributed by atoms with E-state index in [2.05, 4.69) is 20.6 Å². The van der Waals surface area contributed by atoms with Crippen LogP contribution in [0.15, 0.2) is 60.7 Å². The van der Waals surface area contributed by atoms with E-state index in [-0.39, 0.29) is 24.8 Å². The van der Waals surface area contributed by atoms with Crippen molar-refractivity contribution >= 4 is 11.9 Å². The van der Waals surface area contributed by atoms with Crippen LogP contribution in [-0.2, 0) is 16.1 Å². The van der Waals surface area contributed by atoms with Crippen molar-refractivity contribution in [3.63, 3.8) is 0 Å². The number of nitrogens with zero attached hydrogens (tertiary/aromatic N) is 4. The summed E-state index contributed by atoms with van der Waals surface area (Å²) in [5, 5.41) is 24.1. The largest absolute Gasteiger partial charge is 0.480 e. The molecule has 0 aliphatic carbocycles. The lowest BCUT2D eigenvalue weighted by Gasteiger charge is -2.32. The second kappa shape index (κ2) is 12.6. The molecule has 0 unspecified atom stereocenters. The van der Waals surface area contributed by atoms with Gasteiger partial charge in [-0.25, -0.2) is 13.6 Å². The number of halogens is 2. The molecule has 0 saturated heterocycles. The number of H-pyrrole nitrogens is 1. The van der Waals surface area contributed by atoms with E-state index in [9.17, 15) is 23.5 Å². The zero-order valence-corrected chi connectivity index (χ0v) is 22.6. The summed E-state index contributed by atoms with van der Waals surface area (Å²) in [5.74, 6) is -2.50. The molecular weight excluding hydrogens is 516 g/mol. The molecule has 0 aliphatic heterocycles. The molecule has 0 fully saturated rings. The van der Waals surface area contributed by atoms with Gasteiger partial charge < -0.3 is 10.0 Å². The molecule has 10 heteroatoms. The van der Waals surface area contributed by atoms with Crippen molar-refractivity contribution in [1.82, 2.24) is 25.5 Å². The summed E-state index contributed by atoms with van der Waals surface area (Å²) in [5.41, 5.74) is 3.87. The normalized spacial score (nSPS) is 11.9. The first-order valence-corrected chi connectivity index (χ1v) is 13.1. The molecule has 1 atom stereocenters. The van der Waals surface area contributed by atoms with Crippen LogP contribution in [0.3, 0.4) is 0 Å². The molecule has 2 N–H and O–H groups in total. The van der Waals surface area contributed by atoms with Gasteiger partial charge in [0.2, 0.25) is 11.7 Å². The maximum absolute atomic E-state index is 13.9. The molecule has 208 valence electrons. The number of aliphatic carboxylic acids is 1. The van der Waals surface area contributed by atoms with Crippen molar-refractivity contribution in [2.45, 2.75) is 52.6 Å². The van der Waals surface area contributed by atoms with Crippen molar-refractivity contribution < 1.29 is 23.5 Å². The van der Waals surface area contributed by atoms with Gasteiger partial charge >= 0.3 is 5.97 Å². The Bertz CT molecular complexity index is 1450. The first kappa shape index (κ1) is 28.5. The van der Waals surface area contributed by atoms with E-state index >= 15 is 0 Å².